The molecule has 0 aliphatic carbocycles. The van der Waals surface area contributed by atoms with Gasteiger partial charge in [-0.2, -0.15) is 0 Å². The highest BCUT2D eigenvalue weighted by atomic mass is 16.6. The lowest BCUT2D eigenvalue weighted by Gasteiger charge is -2.29. The standard InChI is InChI=1S/C29H42N2O4/c1-8-31(9-2)26-14-12-11-13-24(26)25(19-21(4)5)30-27(32)20-22-15-17-23(18-16-22)35-29(6,7)28(33)34-10-3/h11-18,21,25H,8-10,19-20H2,1-7H3,(H,30,32). The highest BCUT2D eigenvalue weighted by Gasteiger charge is 2.31. The van der Waals surface area contributed by atoms with Gasteiger partial charge >= 0.3 is 5.97 Å². The first-order valence-electron chi connectivity index (χ1n) is 12.7. The van der Waals surface area contributed by atoms with Crippen LogP contribution in [0.1, 0.15) is 72.1 Å². The zero-order valence-electron chi connectivity index (χ0n) is 22.4. The number of benzene rings is 2. The Bertz CT molecular complexity index is 949. The Morgan fingerprint density at radius 1 is 0.971 bits per heavy atom. The molecule has 1 N–H and O–H groups in total. The van der Waals surface area contributed by atoms with Crippen molar-refractivity contribution in [1.82, 2.24) is 5.32 Å². The van der Waals surface area contributed by atoms with Gasteiger partial charge in [0, 0.05) is 18.8 Å². The average Bonchev–Trinajstić information content (AvgIpc) is 2.81. The summed E-state index contributed by atoms with van der Waals surface area (Å²) in [6.45, 7) is 15.9. The molecule has 35 heavy (non-hydrogen) atoms. The third-order valence-electron chi connectivity index (χ3n) is 5.89. The molecule has 0 heterocycles. The maximum absolute atomic E-state index is 13.1. The van der Waals surface area contributed by atoms with E-state index >= 15 is 0 Å². The number of hydrogen-bond acceptors (Lipinski definition) is 5. The van der Waals surface area contributed by atoms with Crippen LogP contribution in [0.25, 0.3) is 0 Å². The topological polar surface area (TPSA) is 67.9 Å². The summed E-state index contributed by atoms with van der Waals surface area (Å²) in [5.74, 6) is 0.553. The predicted octanol–water partition coefficient (Wildman–Crippen LogP) is 5.70. The van der Waals surface area contributed by atoms with Crippen molar-refractivity contribution < 1.29 is 19.1 Å². The average molecular weight is 483 g/mol. The summed E-state index contributed by atoms with van der Waals surface area (Å²) in [6.07, 6.45) is 1.13. The lowest BCUT2D eigenvalue weighted by atomic mass is 9.94. The van der Waals surface area contributed by atoms with Crippen LogP contribution in [0, 0.1) is 5.92 Å². The van der Waals surface area contributed by atoms with Crippen LogP contribution in [0.4, 0.5) is 5.69 Å². The van der Waals surface area contributed by atoms with Crippen LogP contribution in [0.2, 0.25) is 0 Å². The van der Waals surface area contributed by atoms with Gasteiger partial charge in [0.25, 0.3) is 0 Å². The Balaban J connectivity index is 2.12. The van der Waals surface area contributed by atoms with Gasteiger partial charge < -0.3 is 19.7 Å². The van der Waals surface area contributed by atoms with Crippen molar-refractivity contribution >= 4 is 17.6 Å². The number of esters is 1. The highest BCUT2D eigenvalue weighted by molar-refractivity contribution is 5.80. The molecule has 1 amide bonds. The predicted molar refractivity (Wildman–Crippen MR) is 142 cm³/mol. The third-order valence-corrected chi connectivity index (χ3v) is 5.89. The molecule has 0 spiro atoms. The van der Waals surface area contributed by atoms with Crippen LogP contribution >= 0.6 is 0 Å². The van der Waals surface area contributed by atoms with Crippen LogP contribution in [0.5, 0.6) is 5.75 Å². The van der Waals surface area contributed by atoms with Gasteiger partial charge in [-0.25, -0.2) is 4.79 Å². The summed E-state index contributed by atoms with van der Waals surface area (Å²) >= 11 is 0. The van der Waals surface area contributed by atoms with Gasteiger partial charge in [0.1, 0.15) is 5.75 Å². The first kappa shape index (κ1) is 28.2. The van der Waals surface area contributed by atoms with Crippen LogP contribution in [-0.2, 0) is 20.7 Å². The smallest absolute Gasteiger partial charge is 0.349 e. The molecule has 6 heteroatoms. The van der Waals surface area contributed by atoms with E-state index in [4.69, 9.17) is 9.47 Å². The molecule has 0 saturated carbocycles. The molecule has 0 aliphatic heterocycles. The summed E-state index contributed by atoms with van der Waals surface area (Å²) in [5, 5.41) is 3.28. The monoisotopic (exact) mass is 482 g/mol. The molecule has 2 aromatic rings. The van der Waals surface area contributed by atoms with Crippen LogP contribution in [0.3, 0.4) is 0 Å². The van der Waals surface area contributed by atoms with Gasteiger partial charge in [-0.1, -0.05) is 44.2 Å². The number of rotatable bonds is 13. The zero-order valence-corrected chi connectivity index (χ0v) is 22.4. The molecule has 6 nitrogen and oxygen atoms in total. The third kappa shape index (κ3) is 8.30. The van der Waals surface area contributed by atoms with E-state index in [1.807, 2.05) is 18.2 Å². The Morgan fingerprint density at radius 2 is 1.60 bits per heavy atom. The van der Waals surface area contributed by atoms with Crippen molar-refractivity contribution in [3.05, 3.63) is 59.7 Å². The second-order valence-electron chi connectivity index (χ2n) is 9.63. The number of carbonyl (C=O) groups is 2. The number of carbonyl (C=O) groups excluding carboxylic acids is 2. The maximum Gasteiger partial charge on any atom is 0.349 e. The van der Waals surface area contributed by atoms with Gasteiger partial charge in [0.15, 0.2) is 5.60 Å². The van der Waals surface area contributed by atoms with Crippen molar-refractivity contribution in [3.63, 3.8) is 0 Å². The molecule has 1 atom stereocenters. The Hall–Kier alpha value is -3.02. The fourth-order valence-electron chi connectivity index (χ4n) is 4.12. The molecular formula is C29H42N2O4. The number of amides is 1. The molecular weight excluding hydrogens is 440 g/mol. The minimum absolute atomic E-state index is 0.0227. The van der Waals surface area contributed by atoms with Crippen LogP contribution in [0.15, 0.2) is 48.5 Å². The number of hydrogen-bond donors (Lipinski definition) is 1. The molecule has 0 fully saturated rings. The van der Waals surface area contributed by atoms with Gasteiger partial charge in [0.2, 0.25) is 5.91 Å². The number of nitrogens with one attached hydrogen (secondary N) is 1. The number of para-hydroxylation sites is 1. The van der Waals surface area contributed by atoms with Crippen LogP contribution < -0.4 is 15.0 Å². The normalized spacial score (nSPS) is 12.2. The van der Waals surface area contributed by atoms with E-state index in [1.54, 1.807) is 32.9 Å². The summed E-state index contributed by atoms with van der Waals surface area (Å²) < 4.78 is 10.9. The van der Waals surface area contributed by atoms with Gasteiger partial charge in [-0.15, -0.1) is 0 Å². The fourth-order valence-corrected chi connectivity index (χ4v) is 4.12. The van der Waals surface area contributed by atoms with Gasteiger partial charge in [0.05, 0.1) is 19.1 Å². The summed E-state index contributed by atoms with van der Waals surface area (Å²) in [7, 11) is 0. The van der Waals surface area contributed by atoms with Crippen molar-refractivity contribution in [2.75, 3.05) is 24.6 Å². The molecule has 2 aromatic carbocycles. The van der Waals surface area contributed by atoms with E-state index in [0.717, 1.165) is 30.6 Å². The van der Waals surface area contributed by atoms with Crippen molar-refractivity contribution in [3.8, 4) is 5.75 Å². The van der Waals surface area contributed by atoms with Crippen molar-refractivity contribution in [1.29, 1.82) is 0 Å². The molecule has 2 rings (SSSR count). The lowest BCUT2D eigenvalue weighted by Crippen LogP contribution is -2.39. The first-order chi connectivity index (χ1) is 16.6. The SMILES string of the molecule is CCOC(=O)C(C)(C)Oc1ccc(CC(=O)NC(CC(C)C)c2ccccc2N(CC)CC)cc1. The first-order valence-corrected chi connectivity index (χ1v) is 12.7. The van der Waals surface area contributed by atoms with E-state index in [9.17, 15) is 9.59 Å². The van der Waals surface area contributed by atoms with E-state index in [0.29, 0.717) is 18.3 Å². The maximum atomic E-state index is 13.1. The van der Waals surface area contributed by atoms with E-state index in [2.05, 4.69) is 56.1 Å². The molecule has 0 bridgehead atoms. The second-order valence-corrected chi connectivity index (χ2v) is 9.63. The molecule has 0 aromatic heterocycles. The quantitative estimate of drug-likeness (QED) is 0.371. The summed E-state index contributed by atoms with van der Waals surface area (Å²) in [5.41, 5.74) is 2.12. The zero-order chi connectivity index (χ0) is 26.0. The molecule has 0 aliphatic rings. The van der Waals surface area contributed by atoms with Crippen molar-refractivity contribution in [2.45, 2.75) is 73.0 Å². The van der Waals surface area contributed by atoms with E-state index in [1.165, 1.54) is 5.69 Å². The largest absolute Gasteiger partial charge is 0.476 e. The molecule has 192 valence electrons. The molecule has 0 saturated heterocycles. The number of ether oxygens (including phenoxy) is 2. The Labute approximate surface area is 211 Å². The Kier molecular flexibility index (Phi) is 10.6. The number of nitrogens with zero attached hydrogens (tertiary/aromatic N) is 1. The van der Waals surface area contributed by atoms with Crippen LogP contribution in [-0.4, -0.2) is 37.2 Å². The lowest BCUT2D eigenvalue weighted by molar-refractivity contribution is -0.158. The minimum Gasteiger partial charge on any atom is -0.476 e. The fraction of sp³-hybridized carbons (Fsp3) is 0.517. The summed E-state index contributed by atoms with van der Waals surface area (Å²) in [6, 6.07) is 15.6. The van der Waals surface area contributed by atoms with Gasteiger partial charge in [-0.05, 0) is 76.3 Å². The van der Waals surface area contributed by atoms with Gasteiger partial charge in [-0.3, -0.25) is 4.79 Å². The molecule has 1 unspecified atom stereocenters. The van der Waals surface area contributed by atoms with E-state index in [-0.39, 0.29) is 18.4 Å². The second kappa shape index (κ2) is 13.2. The van der Waals surface area contributed by atoms with E-state index < -0.39 is 11.6 Å². The Morgan fingerprint density at radius 3 is 2.17 bits per heavy atom. The highest BCUT2D eigenvalue weighted by Crippen LogP contribution is 2.30. The van der Waals surface area contributed by atoms with Crippen molar-refractivity contribution in [2.24, 2.45) is 5.92 Å². The molecule has 0 radical (unpaired) electrons. The summed E-state index contributed by atoms with van der Waals surface area (Å²) in [4.78, 5) is 27.5. The number of anilines is 1. The minimum atomic E-state index is -1.09.